The maximum atomic E-state index is 12.9. The quantitative estimate of drug-likeness (QED) is 0.739. The van der Waals surface area contributed by atoms with Crippen molar-refractivity contribution in [1.29, 1.82) is 0 Å². The van der Waals surface area contributed by atoms with Crippen molar-refractivity contribution >= 4 is 11.6 Å². The first-order valence-corrected chi connectivity index (χ1v) is 8.35. The topological polar surface area (TPSA) is 47.4 Å². The molecule has 1 aliphatic rings. The van der Waals surface area contributed by atoms with Gasteiger partial charge >= 0.3 is 0 Å². The van der Waals surface area contributed by atoms with E-state index in [1.807, 2.05) is 72.6 Å². The van der Waals surface area contributed by atoms with Crippen LogP contribution in [0.15, 0.2) is 67.0 Å². The van der Waals surface area contributed by atoms with E-state index in [0.717, 1.165) is 22.7 Å². The molecule has 126 valence electrons. The summed E-state index contributed by atoms with van der Waals surface area (Å²) >= 11 is 0. The number of nitrogens with zero attached hydrogens (tertiary/aromatic N) is 3. The molecule has 1 aliphatic heterocycles. The maximum absolute atomic E-state index is 12.9. The minimum absolute atomic E-state index is 0.00608. The summed E-state index contributed by atoms with van der Waals surface area (Å²) in [5.74, 6) is 0.810. The number of amides is 1. The Morgan fingerprint density at radius 1 is 1.16 bits per heavy atom. The first-order valence-electron chi connectivity index (χ1n) is 8.35. The third-order valence-electron chi connectivity index (χ3n) is 4.33. The maximum Gasteiger partial charge on any atom is 0.232 e. The van der Waals surface area contributed by atoms with Gasteiger partial charge in [0.25, 0.3) is 0 Å². The zero-order valence-electron chi connectivity index (χ0n) is 14.0. The molecule has 0 saturated heterocycles. The highest BCUT2D eigenvalue weighted by Gasteiger charge is 2.29. The average Bonchev–Trinajstić information content (AvgIpc) is 3.10. The van der Waals surface area contributed by atoms with Gasteiger partial charge in [0.2, 0.25) is 5.91 Å². The van der Waals surface area contributed by atoms with Crippen LogP contribution < -0.4 is 9.64 Å². The van der Waals surface area contributed by atoms with E-state index in [2.05, 4.69) is 5.10 Å². The molecule has 1 amide bonds. The second-order valence-corrected chi connectivity index (χ2v) is 6.20. The van der Waals surface area contributed by atoms with Crippen LogP contribution in [-0.4, -0.2) is 28.3 Å². The van der Waals surface area contributed by atoms with E-state index >= 15 is 0 Å². The fraction of sp³-hybridized carbons (Fsp3) is 0.200. The molecule has 0 fully saturated rings. The first-order chi connectivity index (χ1) is 12.2. The van der Waals surface area contributed by atoms with Crippen LogP contribution >= 0.6 is 0 Å². The summed E-state index contributed by atoms with van der Waals surface area (Å²) in [6.07, 6.45) is 3.97. The van der Waals surface area contributed by atoms with Crippen molar-refractivity contribution in [3.8, 4) is 11.4 Å². The Morgan fingerprint density at radius 3 is 2.76 bits per heavy atom. The number of ether oxygens (including phenoxy) is 1. The summed E-state index contributed by atoms with van der Waals surface area (Å²) in [7, 11) is 0. The van der Waals surface area contributed by atoms with Crippen LogP contribution in [0.1, 0.15) is 12.5 Å². The molecule has 3 aromatic rings. The molecule has 4 rings (SSSR count). The summed E-state index contributed by atoms with van der Waals surface area (Å²) in [5.41, 5.74) is 2.71. The Labute approximate surface area is 146 Å². The van der Waals surface area contributed by atoms with E-state index in [1.54, 1.807) is 10.9 Å². The smallest absolute Gasteiger partial charge is 0.232 e. The van der Waals surface area contributed by atoms with E-state index in [9.17, 15) is 4.79 Å². The summed E-state index contributed by atoms with van der Waals surface area (Å²) in [5, 5.41) is 4.37. The van der Waals surface area contributed by atoms with Gasteiger partial charge in [-0.25, -0.2) is 4.68 Å². The number of carbonyl (C=O) groups excluding carboxylic acids is 1. The largest absolute Gasteiger partial charge is 0.489 e. The van der Waals surface area contributed by atoms with Crippen LogP contribution in [0.2, 0.25) is 0 Å². The van der Waals surface area contributed by atoms with Gasteiger partial charge in [-0.3, -0.25) is 4.79 Å². The molecule has 0 radical (unpaired) electrons. The summed E-state index contributed by atoms with van der Waals surface area (Å²) in [4.78, 5) is 14.8. The molecule has 0 bridgehead atoms. The van der Waals surface area contributed by atoms with Crippen molar-refractivity contribution in [2.75, 3.05) is 11.5 Å². The zero-order valence-corrected chi connectivity index (χ0v) is 14.0. The Morgan fingerprint density at radius 2 is 1.92 bits per heavy atom. The monoisotopic (exact) mass is 333 g/mol. The van der Waals surface area contributed by atoms with E-state index in [-0.39, 0.29) is 11.9 Å². The Balaban J connectivity index is 1.56. The molecular weight excluding hydrogens is 314 g/mol. The molecule has 2 aromatic carbocycles. The van der Waals surface area contributed by atoms with Crippen LogP contribution in [0.4, 0.5) is 5.69 Å². The van der Waals surface area contributed by atoms with E-state index < -0.39 is 0 Å². The normalized spacial score (nSPS) is 16.2. The predicted molar refractivity (Wildman–Crippen MR) is 96.2 cm³/mol. The van der Waals surface area contributed by atoms with Gasteiger partial charge in [0, 0.05) is 6.20 Å². The van der Waals surface area contributed by atoms with Gasteiger partial charge in [-0.2, -0.15) is 5.10 Å². The Kier molecular flexibility index (Phi) is 3.98. The second kappa shape index (κ2) is 6.43. The predicted octanol–water partition coefficient (Wildman–Crippen LogP) is 3.23. The van der Waals surface area contributed by atoms with Crippen molar-refractivity contribution in [1.82, 2.24) is 9.78 Å². The lowest BCUT2D eigenvalue weighted by Crippen LogP contribution is -2.45. The van der Waals surface area contributed by atoms with Crippen LogP contribution in [0.3, 0.4) is 0 Å². The molecule has 0 N–H and O–H groups in total. The molecular formula is C20H19N3O2. The highest BCUT2D eigenvalue weighted by Crippen LogP contribution is 2.33. The number of aromatic nitrogens is 2. The molecule has 1 unspecified atom stereocenters. The van der Waals surface area contributed by atoms with Crippen molar-refractivity contribution in [3.05, 3.63) is 72.6 Å². The SMILES string of the molecule is CC1COc2ccccc2N1C(=O)Cc1cnn(-c2ccccc2)c1. The van der Waals surface area contributed by atoms with Gasteiger partial charge in [-0.05, 0) is 36.8 Å². The second-order valence-electron chi connectivity index (χ2n) is 6.20. The van der Waals surface area contributed by atoms with Crippen LogP contribution in [-0.2, 0) is 11.2 Å². The Bertz CT molecular complexity index is 889. The summed E-state index contributed by atoms with van der Waals surface area (Å²) in [6, 6.07) is 17.5. The average molecular weight is 333 g/mol. The van der Waals surface area contributed by atoms with Gasteiger partial charge in [-0.1, -0.05) is 30.3 Å². The first kappa shape index (κ1) is 15.4. The minimum Gasteiger partial charge on any atom is -0.489 e. The lowest BCUT2D eigenvalue weighted by Gasteiger charge is -2.35. The van der Waals surface area contributed by atoms with E-state index in [1.165, 1.54) is 0 Å². The van der Waals surface area contributed by atoms with Crippen LogP contribution in [0.5, 0.6) is 5.75 Å². The Hall–Kier alpha value is -3.08. The number of hydrogen-bond acceptors (Lipinski definition) is 3. The highest BCUT2D eigenvalue weighted by atomic mass is 16.5. The van der Waals surface area contributed by atoms with Gasteiger partial charge in [0.1, 0.15) is 12.4 Å². The van der Waals surface area contributed by atoms with Crippen LogP contribution in [0.25, 0.3) is 5.69 Å². The van der Waals surface area contributed by atoms with Gasteiger partial charge in [0.15, 0.2) is 0 Å². The molecule has 1 atom stereocenters. The molecule has 5 nitrogen and oxygen atoms in total. The van der Waals surface area contributed by atoms with Gasteiger partial charge < -0.3 is 9.64 Å². The summed E-state index contributed by atoms with van der Waals surface area (Å²) in [6.45, 7) is 2.51. The third kappa shape index (κ3) is 3.01. The number of carbonyl (C=O) groups is 1. The molecule has 1 aromatic heterocycles. The number of anilines is 1. The lowest BCUT2D eigenvalue weighted by molar-refractivity contribution is -0.118. The van der Waals surface area contributed by atoms with E-state index in [4.69, 9.17) is 4.74 Å². The lowest BCUT2D eigenvalue weighted by atomic mass is 10.1. The number of para-hydroxylation sites is 3. The van der Waals surface area contributed by atoms with Gasteiger partial charge in [-0.15, -0.1) is 0 Å². The zero-order chi connectivity index (χ0) is 17.2. The standard InChI is InChI=1S/C20H19N3O2/c1-15-14-25-19-10-6-5-9-18(19)23(15)20(24)11-16-12-21-22(13-16)17-7-3-2-4-8-17/h2-10,12-13,15H,11,14H2,1H3. The van der Waals surface area contributed by atoms with Crippen molar-refractivity contribution in [3.63, 3.8) is 0 Å². The number of rotatable bonds is 3. The number of hydrogen-bond donors (Lipinski definition) is 0. The number of benzene rings is 2. The molecule has 0 aliphatic carbocycles. The molecule has 2 heterocycles. The highest BCUT2D eigenvalue weighted by molar-refractivity contribution is 5.97. The molecule has 0 saturated carbocycles. The fourth-order valence-corrected chi connectivity index (χ4v) is 3.11. The van der Waals surface area contributed by atoms with Crippen LogP contribution in [0, 0.1) is 0 Å². The molecule has 25 heavy (non-hydrogen) atoms. The number of fused-ring (bicyclic) bond motifs is 1. The van der Waals surface area contributed by atoms with E-state index in [0.29, 0.717) is 13.0 Å². The fourth-order valence-electron chi connectivity index (χ4n) is 3.11. The molecule has 5 heteroatoms. The molecule has 0 spiro atoms. The summed E-state index contributed by atoms with van der Waals surface area (Å²) < 4.78 is 7.51. The third-order valence-corrected chi connectivity index (χ3v) is 4.33. The minimum atomic E-state index is 0.00608. The van der Waals surface area contributed by atoms with Crippen molar-refractivity contribution < 1.29 is 9.53 Å². The van der Waals surface area contributed by atoms with Crippen molar-refractivity contribution in [2.24, 2.45) is 0 Å². The van der Waals surface area contributed by atoms with Gasteiger partial charge in [0.05, 0.1) is 30.0 Å². The van der Waals surface area contributed by atoms with Crippen molar-refractivity contribution in [2.45, 2.75) is 19.4 Å².